The van der Waals surface area contributed by atoms with Gasteiger partial charge in [0.05, 0.1) is 16.4 Å². The van der Waals surface area contributed by atoms with Crippen LogP contribution in [0.3, 0.4) is 0 Å². The third kappa shape index (κ3) is 4.93. The average molecular weight is 432 g/mol. The SMILES string of the molecule is CCn1c(SCC(=O)Nc2cc([N+](=O)[O-])ccc2C)nnc1-c1ccc(Cl)cc1. The highest BCUT2D eigenvalue weighted by Gasteiger charge is 2.16. The molecule has 2 aromatic carbocycles. The number of carbonyl (C=O) groups excluding carboxylic acids is 1. The second-order valence-corrected chi connectivity index (χ2v) is 7.53. The average Bonchev–Trinajstić information content (AvgIpc) is 3.11. The number of nitrogens with one attached hydrogen (secondary N) is 1. The van der Waals surface area contributed by atoms with E-state index in [1.165, 1.54) is 23.9 Å². The van der Waals surface area contributed by atoms with Gasteiger partial charge in [0.1, 0.15) is 0 Å². The van der Waals surface area contributed by atoms with E-state index < -0.39 is 4.92 Å². The molecule has 0 bridgehead atoms. The lowest BCUT2D eigenvalue weighted by Crippen LogP contribution is -2.15. The Bertz CT molecular complexity index is 1050. The molecule has 0 fully saturated rings. The highest BCUT2D eigenvalue weighted by molar-refractivity contribution is 7.99. The molecule has 0 aliphatic carbocycles. The Hall–Kier alpha value is -2.91. The maximum Gasteiger partial charge on any atom is 0.271 e. The molecule has 0 atom stereocenters. The fourth-order valence-corrected chi connectivity index (χ4v) is 3.60. The van der Waals surface area contributed by atoms with Gasteiger partial charge in [-0.25, -0.2) is 0 Å². The summed E-state index contributed by atoms with van der Waals surface area (Å²) in [5.74, 6) is 0.514. The van der Waals surface area contributed by atoms with Crippen LogP contribution in [0.4, 0.5) is 11.4 Å². The molecule has 0 unspecified atom stereocenters. The van der Waals surface area contributed by atoms with E-state index in [0.29, 0.717) is 28.2 Å². The summed E-state index contributed by atoms with van der Waals surface area (Å²) in [7, 11) is 0. The summed E-state index contributed by atoms with van der Waals surface area (Å²) >= 11 is 7.19. The van der Waals surface area contributed by atoms with Gasteiger partial charge in [0, 0.05) is 29.3 Å². The van der Waals surface area contributed by atoms with Crippen LogP contribution in [0.5, 0.6) is 0 Å². The maximum atomic E-state index is 12.4. The van der Waals surface area contributed by atoms with Crippen LogP contribution in [0.25, 0.3) is 11.4 Å². The number of non-ortho nitro benzene ring substituents is 1. The lowest BCUT2D eigenvalue weighted by Gasteiger charge is -2.09. The predicted molar refractivity (Wildman–Crippen MR) is 113 cm³/mol. The minimum atomic E-state index is -0.494. The summed E-state index contributed by atoms with van der Waals surface area (Å²) in [6.07, 6.45) is 0. The first-order valence-corrected chi connectivity index (χ1v) is 10.1. The Kier molecular flexibility index (Phi) is 6.50. The van der Waals surface area contributed by atoms with Crippen molar-refractivity contribution in [3.05, 3.63) is 63.2 Å². The lowest BCUT2D eigenvalue weighted by molar-refractivity contribution is -0.384. The van der Waals surface area contributed by atoms with Gasteiger partial charge in [0.2, 0.25) is 5.91 Å². The molecule has 3 aromatic rings. The number of amides is 1. The lowest BCUT2D eigenvalue weighted by atomic mass is 10.2. The van der Waals surface area contributed by atoms with Gasteiger partial charge in [0.15, 0.2) is 11.0 Å². The molecule has 1 N–H and O–H groups in total. The van der Waals surface area contributed by atoms with Crippen molar-refractivity contribution in [2.24, 2.45) is 0 Å². The van der Waals surface area contributed by atoms with Crippen molar-refractivity contribution < 1.29 is 9.72 Å². The van der Waals surface area contributed by atoms with Gasteiger partial charge in [0.25, 0.3) is 5.69 Å². The molecule has 0 spiro atoms. The third-order valence-electron chi connectivity index (χ3n) is 4.17. The first-order valence-electron chi connectivity index (χ1n) is 8.76. The Balaban J connectivity index is 1.70. The van der Waals surface area contributed by atoms with Gasteiger partial charge >= 0.3 is 0 Å². The van der Waals surface area contributed by atoms with Crippen LogP contribution in [0.1, 0.15) is 12.5 Å². The quantitative estimate of drug-likeness (QED) is 0.334. The summed E-state index contributed by atoms with van der Waals surface area (Å²) in [6.45, 7) is 4.39. The Morgan fingerprint density at radius 1 is 1.24 bits per heavy atom. The highest BCUT2D eigenvalue weighted by Crippen LogP contribution is 2.26. The second kappa shape index (κ2) is 9.06. The van der Waals surface area contributed by atoms with Crippen molar-refractivity contribution in [3.63, 3.8) is 0 Å². The zero-order chi connectivity index (χ0) is 21.0. The Labute approximate surface area is 176 Å². The standard InChI is InChI=1S/C19H18ClN5O3S/c1-3-24-18(13-5-7-14(20)8-6-13)22-23-19(24)29-11-17(26)21-16-10-15(25(27)28)9-4-12(16)2/h4-10H,3,11H2,1-2H3,(H,21,26). The van der Waals surface area contributed by atoms with Crippen LogP contribution in [0, 0.1) is 17.0 Å². The first kappa shape index (κ1) is 20.8. The molecule has 10 heteroatoms. The number of carbonyl (C=O) groups is 1. The van der Waals surface area contributed by atoms with Crippen LogP contribution < -0.4 is 5.32 Å². The zero-order valence-electron chi connectivity index (χ0n) is 15.8. The topological polar surface area (TPSA) is 103 Å². The molecule has 0 aliphatic rings. The van der Waals surface area contributed by atoms with Gasteiger partial charge in [-0.05, 0) is 43.7 Å². The number of hydrogen-bond donors (Lipinski definition) is 1. The van der Waals surface area contributed by atoms with E-state index in [1.807, 2.05) is 23.6 Å². The fraction of sp³-hybridized carbons (Fsp3) is 0.211. The van der Waals surface area contributed by atoms with E-state index in [4.69, 9.17) is 11.6 Å². The van der Waals surface area contributed by atoms with Gasteiger partial charge < -0.3 is 9.88 Å². The molecule has 0 aliphatic heterocycles. The molecule has 29 heavy (non-hydrogen) atoms. The normalized spacial score (nSPS) is 10.7. The van der Waals surface area contributed by atoms with E-state index in [2.05, 4.69) is 15.5 Å². The maximum absolute atomic E-state index is 12.4. The van der Waals surface area contributed by atoms with Gasteiger partial charge in [-0.15, -0.1) is 10.2 Å². The van der Waals surface area contributed by atoms with Crippen LogP contribution in [-0.2, 0) is 11.3 Å². The molecular formula is C19H18ClN5O3S. The van der Waals surface area contributed by atoms with E-state index >= 15 is 0 Å². The van der Waals surface area contributed by atoms with Gasteiger partial charge in [-0.1, -0.05) is 29.4 Å². The number of benzene rings is 2. The van der Waals surface area contributed by atoms with Crippen molar-refractivity contribution in [3.8, 4) is 11.4 Å². The summed E-state index contributed by atoms with van der Waals surface area (Å²) in [6, 6.07) is 11.7. The number of rotatable bonds is 7. The molecule has 1 aromatic heterocycles. The van der Waals surface area contributed by atoms with Gasteiger partial charge in [-0.2, -0.15) is 0 Å². The second-order valence-electron chi connectivity index (χ2n) is 6.15. The van der Waals surface area contributed by atoms with Crippen molar-refractivity contribution in [1.29, 1.82) is 0 Å². The predicted octanol–water partition coefficient (Wildman–Crippen LogP) is 4.57. The number of nitrogens with zero attached hydrogens (tertiary/aromatic N) is 4. The number of nitro benzene ring substituents is 1. The summed E-state index contributed by atoms with van der Waals surface area (Å²) < 4.78 is 1.92. The van der Waals surface area contributed by atoms with E-state index in [-0.39, 0.29) is 17.3 Å². The van der Waals surface area contributed by atoms with Crippen LogP contribution in [0.2, 0.25) is 5.02 Å². The molecule has 0 radical (unpaired) electrons. The number of hydrogen-bond acceptors (Lipinski definition) is 6. The summed E-state index contributed by atoms with van der Waals surface area (Å²) in [5.41, 5.74) is 1.98. The monoisotopic (exact) mass is 431 g/mol. The van der Waals surface area contributed by atoms with E-state index in [0.717, 1.165) is 11.1 Å². The van der Waals surface area contributed by atoms with Crippen LogP contribution in [-0.4, -0.2) is 31.3 Å². The number of thioether (sulfide) groups is 1. The largest absolute Gasteiger partial charge is 0.325 e. The Morgan fingerprint density at radius 2 is 1.97 bits per heavy atom. The van der Waals surface area contributed by atoms with E-state index in [9.17, 15) is 14.9 Å². The molecule has 3 rings (SSSR count). The molecule has 8 nitrogen and oxygen atoms in total. The minimum absolute atomic E-state index is 0.0723. The Morgan fingerprint density at radius 3 is 2.62 bits per heavy atom. The number of halogens is 1. The molecule has 0 saturated carbocycles. The molecule has 1 amide bonds. The molecule has 1 heterocycles. The van der Waals surface area contributed by atoms with Crippen molar-refractivity contribution in [1.82, 2.24) is 14.8 Å². The highest BCUT2D eigenvalue weighted by atomic mass is 35.5. The number of nitro groups is 1. The van der Waals surface area contributed by atoms with Crippen LogP contribution >= 0.6 is 23.4 Å². The summed E-state index contributed by atoms with van der Waals surface area (Å²) in [5, 5.41) is 23.3. The number of aryl methyl sites for hydroxylation is 1. The number of aromatic nitrogens is 3. The fourth-order valence-electron chi connectivity index (χ4n) is 2.67. The zero-order valence-corrected chi connectivity index (χ0v) is 17.3. The van der Waals surface area contributed by atoms with E-state index in [1.54, 1.807) is 25.1 Å². The van der Waals surface area contributed by atoms with Crippen molar-refractivity contribution >= 4 is 40.6 Å². The molecular weight excluding hydrogens is 414 g/mol. The van der Waals surface area contributed by atoms with Crippen molar-refractivity contribution in [2.75, 3.05) is 11.1 Å². The first-order chi connectivity index (χ1) is 13.9. The number of anilines is 1. The smallest absolute Gasteiger partial charge is 0.271 e. The van der Waals surface area contributed by atoms with Gasteiger partial charge in [-0.3, -0.25) is 14.9 Å². The van der Waals surface area contributed by atoms with Crippen molar-refractivity contribution in [2.45, 2.75) is 25.5 Å². The minimum Gasteiger partial charge on any atom is -0.325 e. The third-order valence-corrected chi connectivity index (χ3v) is 5.39. The van der Waals surface area contributed by atoms with Crippen LogP contribution in [0.15, 0.2) is 47.6 Å². The molecule has 150 valence electrons. The molecule has 0 saturated heterocycles. The summed E-state index contributed by atoms with van der Waals surface area (Å²) in [4.78, 5) is 22.8.